The van der Waals surface area contributed by atoms with Gasteiger partial charge in [-0.3, -0.25) is 0 Å². The fraction of sp³-hybridized carbons (Fsp3) is 1.00. The highest BCUT2D eigenvalue weighted by Gasteiger charge is 2.30. The summed E-state index contributed by atoms with van der Waals surface area (Å²) in [5.74, 6) is 0. The molecule has 3 atom stereocenters. The van der Waals surface area contributed by atoms with Gasteiger partial charge in [-0.1, -0.05) is 0 Å². The molecule has 0 aromatic rings. The molecule has 1 aliphatic rings. The minimum absolute atomic E-state index is 0.0146. The van der Waals surface area contributed by atoms with Crippen molar-refractivity contribution in [1.82, 2.24) is 0 Å². The van der Waals surface area contributed by atoms with E-state index in [2.05, 4.69) is 0 Å². The van der Waals surface area contributed by atoms with Crippen molar-refractivity contribution in [2.24, 2.45) is 0 Å². The standard InChI is InChI=1S/C6H11FO2/c1-4-2-5(8)6(3-7)9-4/h4-6,8H,2-3H2,1H3/t4-,5?,6+/m0/s1. The van der Waals surface area contributed by atoms with Crippen molar-refractivity contribution in [1.29, 1.82) is 0 Å². The van der Waals surface area contributed by atoms with Crippen LogP contribution in [-0.2, 0) is 4.74 Å². The highest BCUT2D eigenvalue weighted by atomic mass is 19.1. The molecular weight excluding hydrogens is 123 g/mol. The minimum atomic E-state index is -0.593. The minimum Gasteiger partial charge on any atom is -0.390 e. The Morgan fingerprint density at radius 1 is 1.78 bits per heavy atom. The van der Waals surface area contributed by atoms with Crippen molar-refractivity contribution in [3.05, 3.63) is 0 Å². The second kappa shape index (κ2) is 2.62. The zero-order valence-electron chi connectivity index (χ0n) is 5.38. The largest absolute Gasteiger partial charge is 0.390 e. The molecule has 0 aliphatic carbocycles. The Balaban J connectivity index is 2.38. The average molecular weight is 134 g/mol. The van der Waals surface area contributed by atoms with Crippen LogP contribution in [0.4, 0.5) is 4.39 Å². The van der Waals surface area contributed by atoms with Gasteiger partial charge in [0.05, 0.1) is 12.2 Å². The zero-order chi connectivity index (χ0) is 6.85. The molecule has 1 unspecified atom stereocenters. The number of rotatable bonds is 1. The van der Waals surface area contributed by atoms with Crippen LogP contribution in [0.5, 0.6) is 0 Å². The Kier molecular flexibility index (Phi) is 2.03. The van der Waals surface area contributed by atoms with E-state index in [1.165, 1.54) is 0 Å². The van der Waals surface area contributed by atoms with Gasteiger partial charge in [0.2, 0.25) is 0 Å². The predicted molar refractivity (Wildman–Crippen MR) is 30.9 cm³/mol. The van der Waals surface area contributed by atoms with Gasteiger partial charge in [0.1, 0.15) is 12.8 Å². The molecule has 0 bridgehead atoms. The van der Waals surface area contributed by atoms with Gasteiger partial charge >= 0.3 is 0 Å². The van der Waals surface area contributed by atoms with Crippen molar-refractivity contribution in [2.45, 2.75) is 31.7 Å². The van der Waals surface area contributed by atoms with Crippen LogP contribution < -0.4 is 0 Å². The number of halogens is 1. The van der Waals surface area contributed by atoms with Gasteiger partial charge in [0, 0.05) is 6.42 Å². The number of ether oxygens (including phenoxy) is 1. The summed E-state index contributed by atoms with van der Waals surface area (Å²) >= 11 is 0. The first-order valence-electron chi connectivity index (χ1n) is 3.13. The van der Waals surface area contributed by atoms with Gasteiger partial charge in [-0.2, -0.15) is 0 Å². The Bertz CT molecular complexity index is 97.1. The van der Waals surface area contributed by atoms with Crippen LogP contribution in [0.3, 0.4) is 0 Å². The lowest BCUT2D eigenvalue weighted by Gasteiger charge is -2.07. The van der Waals surface area contributed by atoms with Crippen LogP contribution in [0.15, 0.2) is 0 Å². The molecule has 1 N–H and O–H groups in total. The first kappa shape index (κ1) is 6.96. The monoisotopic (exact) mass is 134 g/mol. The molecule has 1 heterocycles. The van der Waals surface area contributed by atoms with Crippen molar-refractivity contribution >= 4 is 0 Å². The third-order valence-corrected chi connectivity index (χ3v) is 1.56. The van der Waals surface area contributed by atoms with Gasteiger partial charge in [-0.05, 0) is 6.92 Å². The summed E-state index contributed by atoms with van der Waals surface area (Å²) in [6.07, 6.45) is -0.583. The Morgan fingerprint density at radius 3 is 2.67 bits per heavy atom. The van der Waals surface area contributed by atoms with E-state index in [9.17, 15) is 4.39 Å². The van der Waals surface area contributed by atoms with E-state index in [1.54, 1.807) is 0 Å². The number of hydrogen-bond acceptors (Lipinski definition) is 2. The Hall–Kier alpha value is -0.150. The molecule has 0 aromatic heterocycles. The number of alkyl halides is 1. The molecule has 0 radical (unpaired) electrons. The molecule has 1 rings (SSSR count). The van der Waals surface area contributed by atoms with Gasteiger partial charge in [0.15, 0.2) is 0 Å². The molecule has 0 saturated carbocycles. The SMILES string of the molecule is C[C@H]1CC(O)[C@@H](CF)O1. The fourth-order valence-corrected chi connectivity index (χ4v) is 1.08. The third-order valence-electron chi connectivity index (χ3n) is 1.56. The summed E-state index contributed by atoms with van der Waals surface area (Å²) in [5, 5.41) is 8.99. The molecule has 54 valence electrons. The van der Waals surface area contributed by atoms with E-state index in [0.717, 1.165) is 0 Å². The first-order valence-corrected chi connectivity index (χ1v) is 3.13. The van der Waals surface area contributed by atoms with Crippen LogP contribution in [0.25, 0.3) is 0 Å². The van der Waals surface area contributed by atoms with Crippen molar-refractivity contribution in [2.75, 3.05) is 6.67 Å². The van der Waals surface area contributed by atoms with Crippen LogP contribution in [0.2, 0.25) is 0 Å². The summed E-state index contributed by atoms with van der Waals surface area (Å²) < 4.78 is 16.8. The smallest absolute Gasteiger partial charge is 0.118 e. The van der Waals surface area contributed by atoms with Crippen LogP contribution in [-0.4, -0.2) is 30.1 Å². The van der Waals surface area contributed by atoms with Crippen molar-refractivity contribution in [3.8, 4) is 0 Å². The molecule has 3 heteroatoms. The van der Waals surface area contributed by atoms with Gasteiger partial charge in [-0.15, -0.1) is 0 Å². The summed E-state index contributed by atoms with van der Waals surface area (Å²) in [4.78, 5) is 0. The molecule has 1 fully saturated rings. The van der Waals surface area contributed by atoms with Crippen LogP contribution >= 0.6 is 0 Å². The summed E-state index contributed by atoms with van der Waals surface area (Å²) in [7, 11) is 0. The lowest BCUT2D eigenvalue weighted by Crippen LogP contribution is -2.22. The summed E-state index contributed by atoms with van der Waals surface area (Å²) in [6.45, 7) is 1.25. The lowest BCUT2D eigenvalue weighted by molar-refractivity contribution is 0.00206. The highest BCUT2D eigenvalue weighted by molar-refractivity contribution is 4.78. The van der Waals surface area contributed by atoms with Crippen molar-refractivity contribution in [3.63, 3.8) is 0 Å². The zero-order valence-corrected chi connectivity index (χ0v) is 5.38. The molecule has 0 amide bonds. The molecule has 9 heavy (non-hydrogen) atoms. The summed E-state index contributed by atoms with van der Waals surface area (Å²) in [5.41, 5.74) is 0. The molecule has 0 aromatic carbocycles. The normalized spacial score (nSPS) is 43.7. The first-order chi connectivity index (χ1) is 4.24. The second-order valence-corrected chi connectivity index (χ2v) is 2.44. The van der Waals surface area contributed by atoms with Gasteiger partial charge in [-0.25, -0.2) is 4.39 Å². The number of aliphatic hydroxyl groups is 1. The number of hydrogen-bond donors (Lipinski definition) is 1. The van der Waals surface area contributed by atoms with Gasteiger partial charge in [0.25, 0.3) is 0 Å². The fourth-order valence-electron chi connectivity index (χ4n) is 1.08. The topological polar surface area (TPSA) is 29.5 Å². The maximum atomic E-state index is 11.8. The summed E-state index contributed by atoms with van der Waals surface area (Å²) in [6, 6.07) is 0. The van der Waals surface area contributed by atoms with Gasteiger partial charge < -0.3 is 9.84 Å². The average Bonchev–Trinajstić information content (AvgIpc) is 2.10. The lowest BCUT2D eigenvalue weighted by atomic mass is 10.2. The maximum Gasteiger partial charge on any atom is 0.118 e. The Morgan fingerprint density at radius 2 is 2.44 bits per heavy atom. The molecule has 1 aliphatic heterocycles. The second-order valence-electron chi connectivity index (χ2n) is 2.44. The molecule has 0 spiro atoms. The molecule has 2 nitrogen and oxygen atoms in total. The Labute approximate surface area is 53.6 Å². The molecule has 1 saturated heterocycles. The van der Waals surface area contributed by atoms with E-state index in [4.69, 9.17) is 9.84 Å². The van der Waals surface area contributed by atoms with Crippen LogP contribution in [0.1, 0.15) is 13.3 Å². The van der Waals surface area contributed by atoms with E-state index in [0.29, 0.717) is 6.42 Å². The molecular formula is C6H11FO2. The highest BCUT2D eigenvalue weighted by Crippen LogP contribution is 2.19. The van der Waals surface area contributed by atoms with E-state index >= 15 is 0 Å². The predicted octanol–water partition coefficient (Wildman–Crippen LogP) is 0.494. The van der Waals surface area contributed by atoms with E-state index < -0.39 is 18.9 Å². The van der Waals surface area contributed by atoms with E-state index in [1.807, 2.05) is 6.92 Å². The van der Waals surface area contributed by atoms with Crippen LogP contribution in [0, 0.1) is 0 Å². The quantitative estimate of drug-likeness (QED) is 0.565. The number of aliphatic hydroxyl groups excluding tert-OH is 1. The maximum absolute atomic E-state index is 11.8. The van der Waals surface area contributed by atoms with Crippen molar-refractivity contribution < 1.29 is 14.2 Å². The third kappa shape index (κ3) is 1.40. The van der Waals surface area contributed by atoms with E-state index in [-0.39, 0.29) is 6.10 Å².